The highest BCUT2D eigenvalue weighted by Crippen LogP contribution is 2.21. The third-order valence-corrected chi connectivity index (χ3v) is 5.06. The molecule has 1 atom stereocenters. The molecule has 1 heterocycles. The summed E-state index contributed by atoms with van der Waals surface area (Å²) in [6.07, 6.45) is -0.694. The maximum atomic E-state index is 12.3. The molecule has 0 spiro atoms. The van der Waals surface area contributed by atoms with Crippen molar-refractivity contribution in [1.82, 2.24) is 10.3 Å². The van der Waals surface area contributed by atoms with Gasteiger partial charge in [-0.1, -0.05) is 23.2 Å². The van der Waals surface area contributed by atoms with Gasteiger partial charge in [0, 0.05) is 23.7 Å². The molecule has 2 aromatic carbocycles. The fourth-order valence-electron chi connectivity index (χ4n) is 3.20. The van der Waals surface area contributed by atoms with Gasteiger partial charge in [-0.15, -0.1) is 0 Å². The smallest absolute Gasteiger partial charge is 0.252 e. The van der Waals surface area contributed by atoms with Gasteiger partial charge < -0.3 is 20.1 Å². The number of aromatic nitrogens is 1. The first kappa shape index (κ1) is 20.4. The van der Waals surface area contributed by atoms with Crippen LogP contribution in [0.15, 0.2) is 41.2 Å². The van der Waals surface area contributed by atoms with Crippen LogP contribution in [0.4, 0.5) is 0 Å². The predicted octanol–water partition coefficient (Wildman–Crippen LogP) is 3.64. The topological polar surface area (TPSA) is 74.4 Å². The Morgan fingerprint density at radius 3 is 2.68 bits per heavy atom. The van der Waals surface area contributed by atoms with Crippen LogP contribution in [-0.2, 0) is 6.54 Å². The molecule has 0 bridgehead atoms. The molecule has 0 aliphatic heterocycles. The summed E-state index contributed by atoms with van der Waals surface area (Å²) in [5, 5.41) is 14.9. The zero-order valence-corrected chi connectivity index (χ0v) is 17.1. The molecule has 0 unspecified atom stereocenters. The Labute approximate surface area is 169 Å². The molecule has 5 nitrogen and oxygen atoms in total. The molecule has 3 rings (SSSR count). The molecule has 0 saturated carbocycles. The third kappa shape index (κ3) is 4.93. The number of halogens is 1. The zero-order valence-electron chi connectivity index (χ0n) is 16.3. The fourth-order valence-corrected chi connectivity index (χ4v) is 3.31. The van der Waals surface area contributed by atoms with Crippen LogP contribution in [0.2, 0.25) is 5.02 Å². The number of benzene rings is 2. The van der Waals surface area contributed by atoms with Crippen molar-refractivity contribution in [1.29, 1.82) is 0 Å². The summed E-state index contributed by atoms with van der Waals surface area (Å²) in [7, 11) is 0. The van der Waals surface area contributed by atoms with E-state index in [1.807, 2.05) is 32.9 Å². The molecule has 28 heavy (non-hydrogen) atoms. The Hall–Kier alpha value is -2.34. The second kappa shape index (κ2) is 8.78. The van der Waals surface area contributed by atoms with Crippen molar-refractivity contribution in [2.45, 2.75) is 33.4 Å². The van der Waals surface area contributed by atoms with Crippen molar-refractivity contribution in [3.63, 3.8) is 0 Å². The molecule has 0 aliphatic rings. The van der Waals surface area contributed by atoms with Crippen LogP contribution in [0.5, 0.6) is 5.75 Å². The van der Waals surface area contributed by atoms with Gasteiger partial charge in [-0.2, -0.15) is 0 Å². The molecule has 0 aliphatic carbocycles. The fraction of sp³-hybridized carbons (Fsp3) is 0.318. The Kier molecular flexibility index (Phi) is 6.39. The highest BCUT2D eigenvalue weighted by atomic mass is 35.5. The minimum Gasteiger partial charge on any atom is -0.491 e. The average molecular weight is 401 g/mol. The maximum absolute atomic E-state index is 12.3. The number of aromatic amines is 1. The Morgan fingerprint density at radius 1 is 1.14 bits per heavy atom. The number of aryl methyl sites for hydroxylation is 3. The third-order valence-electron chi connectivity index (χ3n) is 4.64. The van der Waals surface area contributed by atoms with Crippen molar-refractivity contribution in [3.8, 4) is 5.75 Å². The Bertz CT molecular complexity index is 1050. The summed E-state index contributed by atoms with van der Waals surface area (Å²) in [4.78, 5) is 15.3. The van der Waals surface area contributed by atoms with Gasteiger partial charge in [0.1, 0.15) is 18.5 Å². The van der Waals surface area contributed by atoms with Gasteiger partial charge in [0.15, 0.2) is 0 Å². The number of rotatable bonds is 7. The molecule has 6 heteroatoms. The maximum Gasteiger partial charge on any atom is 0.252 e. The van der Waals surface area contributed by atoms with Gasteiger partial charge >= 0.3 is 0 Å². The summed E-state index contributed by atoms with van der Waals surface area (Å²) in [6, 6.07) is 11.4. The van der Waals surface area contributed by atoms with Gasteiger partial charge in [-0.05, 0) is 67.6 Å². The lowest BCUT2D eigenvalue weighted by Gasteiger charge is -2.14. The van der Waals surface area contributed by atoms with Crippen LogP contribution >= 0.6 is 11.6 Å². The SMILES string of the molecule is Cc1cc(C)c2[nH]c(=O)c(CNC[C@@H](O)COc3ccc(Cl)c(C)c3)cc2c1. The number of pyridine rings is 1. The lowest BCUT2D eigenvalue weighted by Crippen LogP contribution is -2.32. The molecular formula is C22H25ClN2O3. The standard InChI is InChI=1S/C22H25ClN2O3/c1-13-6-15(3)21-16(7-13)9-17(22(27)25-21)10-24-11-18(26)12-28-19-4-5-20(23)14(2)8-19/h4-9,18,24,26H,10-12H2,1-3H3,(H,25,27)/t18-/m1/s1. The minimum absolute atomic E-state index is 0.116. The molecule has 0 radical (unpaired) electrons. The number of fused-ring (bicyclic) bond motifs is 1. The van der Waals surface area contributed by atoms with Gasteiger partial charge in [0.25, 0.3) is 5.56 Å². The largest absolute Gasteiger partial charge is 0.491 e. The van der Waals surface area contributed by atoms with E-state index >= 15 is 0 Å². The first-order valence-electron chi connectivity index (χ1n) is 9.24. The van der Waals surface area contributed by atoms with E-state index in [1.54, 1.807) is 12.1 Å². The lowest BCUT2D eigenvalue weighted by molar-refractivity contribution is 0.106. The van der Waals surface area contributed by atoms with Crippen molar-refractivity contribution in [2.24, 2.45) is 0 Å². The first-order valence-corrected chi connectivity index (χ1v) is 9.62. The van der Waals surface area contributed by atoms with Crippen molar-refractivity contribution < 1.29 is 9.84 Å². The summed E-state index contributed by atoms with van der Waals surface area (Å²) in [5.41, 5.74) is 4.52. The predicted molar refractivity (Wildman–Crippen MR) is 113 cm³/mol. The van der Waals surface area contributed by atoms with E-state index in [9.17, 15) is 9.90 Å². The number of hydrogen-bond acceptors (Lipinski definition) is 4. The summed E-state index contributed by atoms with van der Waals surface area (Å²) >= 11 is 5.99. The van der Waals surface area contributed by atoms with E-state index in [4.69, 9.17) is 16.3 Å². The molecule has 3 aromatic rings. The van der Waals surface area contributed by atoms with Gasteiger partial charge in [0.2, 0.25) is 0 Å². The van der Waals surface area contributed by atoms with Crippen molar-refractivity contribution in [3.05, 3.63) is 74.0 Å². The van der Waals surface area contributed by atoms with Gasteiger partial charge in [-0.3, -0.25) is 4.79 Å². The first-order chi connectivity index (χ1) is 13.3. The number of nitrogens with one attached hydrogen (secondary N) is 2. The normalized spacial score (nSPS) is 12.3. The molecule has 0 fully saturated rings. The van der Waals surface area contributed by atoms with E-state index in [2.05, 4.69) is 22.4 Å². The van der Waals surface area contributed by atoms with E-state index in [0.29, 0.717) is 29.4 Å². The molecule has 1 aromatic heterocycles. The second-order valence-electron chi connectivity index (χ2n) is 7.18. The summed E-state index contributed by atoms with van der Waals surface area (Å²) in [5.74, 6) is 0.665. The quantitative estimate of drug-likeness (QED) is 0.566. The van der Waals surface area contributed by atoms with Crippen LogP contribution < -0.4 is 15.6 Å². The number of aliphatic hydroxyl groups is 1. The van der Waals surface area contributed by atoms with Crippen molar-refractivity contribution >= 4 is 22.5 Å². The van der Waals surface area contributed by atoms with E-state index in [0.717, 1.165) is 27.6 Å². The van der Waals surface area contributed by atoms with Crippen LogP contribution in [0.25, 0.3) is 10.9 Å². The monoisotopic (exact) mass is 400 g/mol. The van der Waals surface area contributed by atoms with Gasteiger partial charge in [0.05, 0.1) is 5.52 Å². The molecule has 3 N–H and O–H groups in total. The van der Waals surface area contributed by atoms with E-state index in [1.165, 1.54) is 0 Å². The molecule has 0 amide bonds. The minimum atomic E-state index is -0.694. The number of aliphatic hydroxyl groups excluding tert-OH is 1. The van der Waals surface area contributed by atoms with E-state index < -0.39 is 6.10 Å². The van der Waals surface area contributed by atoms with E-state index in [-0.39, 0.29) is 12.2 Å². The van der Waals surface area contributed by atoms with Crippen molar-refractivity contribution in [2.75, 3.05) is 13.2 Å². The Morgan fingerprint density at radius 2 is 1.93 bits per heavy atom. The lowest BCUT2D eigenvalue weighted by atomic mass is 10.1. The number of H-pyrrole nitrogens is 1. The van der Waals surface area contributed by atoms with Crippen LogP contribution in [0.3, 0.4) is 0 Å². The molecule has 148 valence electrons. The Balaban J connectivity index is 1.56. The summed E-state index contributed by atoms with van der Waals surface area (Å²) in [6.45, 7) is 6.76. The van der Waals surface area contributed by atoms with Gasteiger partial charge in [-0.25, -0.2) is 0 Å². The highest BCUT2D eigenvalue weighted by Gasteiger charge is 2.09. The molecule has 0 saturated heterocycles. The molecular weight excluding hydrogens is 376 g/mol. The number of ether oxygens (including phenoxy) is 1. The van der Waals surface area contributed by atoms with Crippen LogP contribution in [0, 0.1) is 20.8 Å². The zero-order chi connectivity index (χ0) is 20.3. The highest BCUT2D eigenvalue weighted by molar-refractivity contribution is 6.31. The summed E-state index contributed by atoms with van der Waals surface area (Å²) < 4.78 is 5.60. The van der Waals surface area contributed by atoms with Crippen LogP contribution in [-0.4, -0.2) is 29.3 Å². The van der Waals surface area contributed by atoms with Crippen LogP contribution in [0.1, 0.15) is 22.3 Å². The second-order valence-corrected chi connectivity index (χ2v) is 7.58. The average Bonchev–Trinajstić information content (AvgIpc) is 2.64. The number of hydrogen-bond donors (Lipinski definition) is 3.